The van der Waals surface area contributed by atoms with E-state index in [0.29, 0.717) is 45.3 Å². The molecule has 3 saturated carbocycles. The van der Waals surface area contributed by atoms with Crippen LogP contribution in [0.4, 0.5) is 0 Å². The van der Waals surface area contributed by atoms with Crippen molar-refractivity contribution in [3.05, 3.63) is 12.2 Å². The average Bonchev–Trinajstić information content (AvgIpc) is 3.70. The highest BCUT2D eigenvalue weighted by Crippen LogP contribution is 2.48. The molecule has 0 radical (unpaired) electrons. The third-order valence-corrected chi connectivity index (χ3v) is 10.4. The van der Waals surface area contributed by atoms with E-state index in [2.05, 4.69) is 10.0 Å². The van der Waals surface area contributed by atoms with E-state index in [1.807, 2.05) is 19.1 Å². The predicted molar refractivity (Wildman–Crippen MR) is 132 cm³/mol. The van der Waals surface area contributed by atoms with Crippen molar-refractivity contribution in [3.8, 4) is 0 Å². The smallest absolute Gasteiger partial charge is 0.259 e. The summed E-state index contributed by atoms with van der Waals surface area (Å²) in [7, 11) is -2.10. The first kappa shape index (κ1) is 27.1. The lowest BCUT2D eigenvalue weighted by atomic mass is 9.93. The normalized spacial score (nSPS) is 34.2. The fourth-order valence-electron chi connectivity index (χ4n) is 5.26. The maximum absolute atomic E-state index is 13.6. The Morgan fingerprint density at radius 2 is 1.94 bits per heavy atom. The van der Waals surface area contributed by atoms with Crippen LogP contribution in [0.5, 0.6) is 0 Å². The highest BCUT2D eigenvalue weighted by atomic mass is 32.2. The highest BCUT2D eigenvalue weighted by Gasteiger charge is 2.63. The number of sulfonamides is 1. The van der Waals surface area contributed by atoms with E-state index < -0.39 is 44.0 Å². The molecule has 0 aromatic heterocycles. The van der Waals surface area contributed by atoms with Gasteiger partial charge in [-0.15, -0.1) is 0 Å². The fraction of sp³-hybridized carbons (Fsp3) is 0.800. The number of ether oxygens (including phenoxy) is 2. The molecule has 4 rings (SSSR count). The predicted octanol–water partition coefficient (Wildman–Crippen LogP) is 1.46. The van der Waals surface area contributed by atoms with Gasteiger partial charge in [-0.2, -0.15) is 0 Å². The quantitative estimate of drug-likeness (QED) is 0.292. The number of fused-ring (bicyclic) bond motifs is 2. The van der Waals surface area contributed by atoms with Crippen molar-refractivity contribution in [1.82, 2.24) is 14.9 Å². The minimum Gasteiger partial charge on any atom is -0.356 e. The number of carbonyl (C=O) groups excluding carboxylic acids is 3. The van der Waals surface area contributed by atoms with E-state index in [1.54, 1.807) is 18.9 Å². The third-order valence-electron chi connectivity index (χ3n) is 8.22. The Morgan fingerprint density at radius 1 is 1.22 bits per heavy atom. The molecule has 0 saturated heterocycles. The van der Waals surface area contributed by atoms with Gasteiger partial charge in [0.05, 0.1) is 22.7 Å². The van der Waals surface area contributed by atoms with E-state index in [-0.39, 0.29) is 24.7 Å². The van der Waals surface area contributed by atoms with Crippen LogP contribution in [-0.2, 0) is 33.9 Å². The Bertz CT molecular complexity index is 1010. The summed E-state index contributed by atoms with van der Waals surface area (Å²) in [5.41, 5.74) is -1.33. The maximum atomic E-state index is 13.6. The zero-order chi connectivity index (χ0) is 26.1. The number of allylic oxidation sites excluding steroid dienone is 1. The van der Waals surface area contributed by atoms with E-state index >= 15 is 0 Å². The summed E-state index contributed by atoms with van der Waals surface area (Å²) >= 11 is 0. The van der Waals surface area contributed by atoms with Crippen molar-refractivity contribution < 1.29 is 32.3 Å². The molecular formula is C25H39N3O7S. The summed E-state index contributed by atoms with van der Waals surface area (Å²) in [5.74, 6) is -2.78. The van der Waals surface area contributed by atoms with Crippen molar-refractivity contribution in [3.63, 3.8) is 0 Å². The summed E-state index contributed by atoms with van der Waals surface area (Å²) in [6.45, 7) is 4.66. The molecule has 36 heavy (non-hydrogen) atoms. The average molecular weight is 526 g/mol. The van der Waals surface area contributed by atoms with Crippen LogP contribution in [0.3, 0.4) is 0 Å². The van der Waals surface area contributed by atoms with Gasteiger partial charge >= 0.3 is 0 Å². The van der Waals surface area contributed by atoms with Crippen molar-refractivity contribution >= 4 is 27.7 Å². The van der Waals surface area contributed by atoms with Crippen molar-refractivity contribution in [2.24, 2.45) is 17.8 Å². The maximum Gasteiger partial charge on any atom is 0.259 e. The van der Waals surface area contributed by atoms with Gasteiger partial charge in [0.25, 0.3) is 5.91 Å². The second-order valence-corrected chi connectivity index (χ2v) is 13.1. The van der Waals surface area contributed by atoms with Gasteiger partial charge in [-0.1, -0.05) is 12.2 Å². The van der Waals surface area contributed by atoms with Crippen LogP contribution in [0.2, 0.25) is 0 Å². The van der Waals surface area contributed by atoms with E-state index in [1.165, 1.54) is 0 Å². The molecule has 11 heteroatoms. The summed E-state index contributed by atoms with van der Waals surface area (Å²) in [6, 6.07) is 0. The highest BCUT2D eigenvalue weighted by molar-refractivity contribution is 7.91. The van der Waals surface area contributed by atoms with Gasteiger partial charge in [-0.25, -0.2) is 8.42 Å². The molecule has 2 N–H and O–H groups in total. The monoisotopic (exact) mass is 525 g/mol. The summed E-state index contributed by atoms with van der Waals surface area (Å²) in [6.07, 6.45) is 8.10. The SMILES string of the molecule is CCOCO[C@@H]1C[C@H]2C(=O)N[C@]3(C(=O)NS(=O)(=O)C4(C)CC4)C[C@H]3C=CCCCCN(C)C(=O)[C@@H]2C1. The molecule has 5 atom stereocenters. The molecule has 0 bridgehead atoms. The van der Waals surface area contributed by atoms with Crippen molar-refractivity contribution in [2.75, 3.05) is 27.0 Å². The van der Waals surface area contributed by atoms with Crippen molar-refractivity contribution in [2.45, 2.75) is 81.6 Å². The van der Waals surface area contributed by atoms with Crippen LogP contribution < -0.4 is 10.0 Å². The fourth-order valence-corrected chi connectivity index (χ4v) is 6.57. The topological polar surface area (TPSA) is 131 Å². The lowest BCUT2D eigenvalue weighted by Crippen LogP contribution is -2.55. The number of nitrogens with one attached hydrogen (secondary N) is 2. The van der Waals surface area contributed by atoms with Gasteiger partial charge in [0.2, 0.25) is 21.8 Å². The minimum absolute atomic E-state index is 0.0854. The van der Waals surface area contributed by atoms with Gasteiger partial charge in [-0.3, -0.25) is 19.1 Å². The summed E-state index contributed by atoms with van der Waals surface area (Å²) in [5, 5.41) is 2.89. The molecule has 3 aliphatic carbocycles. The van der Waals surface area contributed by atoms with Crippen LogP contribution in [0.25, 0.3) is 0 Å². The summed E-state index contributed by atoms with van der Waals surface area (Å²) in [4.78, 5) is 41.9. The third kappa shape index (κ3) is 5.47. The van der Waals surface area contributed by atoms with Crippen LogP contribution in [0, 0.1) is 17.8 Å². The lowest BCUT2D eigenvalue weighted by Gasteiger charge is -2.27. The molecule has 202 valence electrons. The Morgan fingerprint density at radius 3 is 2.64 bits per heavy atom. The molecule has 4 aliphatic rings. The second kappa shape index (κ2) is 10.4. The zero-order valence-corrected chi connectivity index (χ0v) is 22.3. The van der Waals surface area contributed by atoms with Crippen LogP contribution >= 0.6 is 0 Å². The second-order valence-electron chi connectivity index (χ2n) is 10.9. The number of rotatable bonds is 7. The van der Waals surface area contributed by atoms with Crippen LogP contribution in [-0.4, -0.2) is 74.4 Å². The number of amides is 3. The molecule has 1 heterocycles. The van der Waals surface area contributed by atoms with E-state index in [4.69, 9.17) is 9.47 Å². The molecular weight excluding hydrogens is 486 g/mol. The van der Waals surface area contributed by atoms with Gasteiger partial charge < -0.3 is 19.7 Å². The Kier molecular flexibility index (Phi) is 7.83. The molecule has 1 aliphatic heterocycles. The number of carbonyl (C=O) groups is 3. The Hall–Kier alpha value is -1.98. The zero-order valence-electron chi connectivity index (χ0n) is 21.5. The van der Waals surface area contributed by atoms with Gasteiger partial charge in [-0.05, 0) is 65.2 Å². The molecule has 0 spiro atoms. The standard InChI is InChI=1S/C25H39N3O7S/c1-4-34-16-35-18-13-19-20(14-18)22(30)28(3)12-8-6-5-7-9-17-15-25(17,26-21(19)29)23(31)27-36(32,33)24(2)10-11-24/h7,9,17-20H,4-6,8,10-16H2,1-3H3,(H,26,29)(H,27,31)/t17-,18-,19-,20-,25-/m1/s1. The van der Waals surface area contributed by atoms with Gasteiger partial charge in [0.1, 0.15) is 12.3 Å². The molecule has 0 aromatic rings. The summed E-state index contributed by atoms with van der Waals surface area (Å²) < 4.78 is 37.9. The molecule has 3 amide bonds. The number of nitrogens with zero attached hydrogens (tertiary/aromatic N) is 1. The first-order valence-electron chi connectivity index (χ1n) is 13.0. The largest absolute Gasteiger partial charge is 0.356 e. The first-order valence-corrected chi connectivity index (χ1v) is 14.5. The number of hydrogen-bond donors (Lipinski definition) is 2. The lowest BCUT2D eigenvalue weighted by molar-refractivity contribution is -0.140. The van der Waals surface area contributed by atoms with E-state index in [9.17, 15) is 22.8 Å². The van der Waals surface area contributed by atoms with Gasteiger partial charge in [0, 0.05) is 26.1 Å². The molecule has 10 nitrogen and oxygen atoms in total. The minimum atomic E-state index is -3.85. The van der Waals surface area contributed by atoms with Crippen molar-refractivity contribution in [1.29, 1.82) is 0 Å². The molecule has 0 unspecified atom stereocenters. The number of hydrogen-bond acceptors (Lipinski definition) is 7. The molecule has 0 aromatic carbocycles. The van der Waals surface area contributed by atoms with Gasteiger partial charge in [0.15, 0.2) is 0 Å². The Labute approximate surface area is 213 Å². The Balaban J connectivity index is 1.57. The molecule has 3 fully saturated rings. The van der Waals surface area contributed by atoms with E-state index in [0.717, 1.165) is 19.3 Å². The first-order chi connectivity index (χ1) is 17.0. The van der Waals surface area contributed by atoms with Crippen LogP contribution in [0.15, 0.2) is 12.2 Å². The van der Waals surface area contributed by atoms with Crippen LogP contribution in [0.1, 0.15) is 65.2 Å².